The second-order valence-corrected chi connectivity index (χ2v) is 11.7. The number of hydrogen-bond acceptors (Lipinski definition) is 8. The molecule has 1 aromatic carbocycles. The molecule has 0 aliphatic carbocycles. The minimum Gasteiger partial charge on any atom is -0.490 e. The third-order valence-electron chi connectivity index (χ3n) is 7.53. The Morgan fingerprint density at radius 2 is 1.93 bits per heavy atom. The highest BCUT2D eigenvalue weighted by molar-refractivity contribution is 5.93. The van der Waals surface area contributed by atoms with Crippen molar-refractivity contribution in [3.8, 4) is 17.0 Å². The van der Waals surface area contributed by atoms with Crippen LogP contribution >= 0.6 is 0 Å². The van der Waals surface area contributed by atoms with Gasteiger partial charge in [0.2, 0.25) is 0 Å². The van der Waals surface area contributed by atoms with Crippen molar-refractivity contribution in [3.63, 3.8) is 0 Å². The zero-order valence-electron chi connectivity index (χ0n) is 24.8. The lowest BCUT2D eigenvalue weighted by Crippen LogP contribution is -2.41. The molecule has 226 valence electrons. The molecule has 42 heavy (non-hydrogen) atoms. The average Bonchev–Trinajstić information content (AvgIpc) is 3.37. The number of carbonyl (C=O) groups excluding carboxylic acids is 1. The SMILES string of the molecule is Cc1nc2cc(C(=O)NCCN3CCOCC3)nn2c(-c2cc(F)c3c(c2C)CCCO3)c1[C@H](OC(C)(C)C)C(=O)O. The number of morpholine rings is 1. The molecule has 0 saturated carbocycles. The molecule has 0 unspecified atom stereocenters. The molecule has 4 heterocycles. The van der Waals surface area contributed by atoms with Crippen LogP contribution in [0.4, 0.5) is 4.39 Å². The van der Waals surface area contributed by atoms with Crippen molar-refractivity contribution in [1.82, 2.24) is 24.8 Å². The summed E-state index contributed by atoms with van der Waals surface area (Å²) in [7, 11) is 0. The van der Waals surface area contributed by atoms with E-state index in [1.54, 1.807) is 33.8 Å². The Hall–Kier alpha value is -3.61. The first-order valence-corrected chi connectivity index (χ1v) is 14.3. The van der Waals surface area contributed by atoms with Gasteiger partial charge in [-0.05, 0) is 59.1 Å². The van der Waals surface area contributed by atoms with Crippen molar-refractivity contribution in [2.75, 3.05) is 46.0 Å². The van der Waals surface area contributed by atoms with E-state index < -0.39 is 23.5 Å². The first-order chi connectivity index (χ1) is 19.9. The van der Waals surface area contributed by atoms with Crippen molar-refractivity contribution < 1.29 is 33.3 Å². The van der Waals surface area contributed by atoms with E-state index in [4.69, 9.17) is 14.2 Å². The molecular weight excluding hydrogens is 545 g/mol. The minimum absolute atomic E-state index is 0.116. The number of carboxylic acids is 1. The zero-order chi connectivity index (χ0) is 30.2. The topological polar surface area (TPSA) is 128 Å². The lowest BCUT2D eigenvalue weighted by Gasteiger charge is -2.28. The lowest BCUT2D eigenvalue weighted by molar-refractivity contribution is -0.160. The number of benzene rings is 1. The van der Waals surface area contributed by atoms with Gasteiger partial charge < -0.3 is 24.6 Å². The number of halogens is 1. The summed E-state index contributed by atoms with van der Waals surface area (Å²) in [6.07, 6.45) is -0.0808. The van der Waals surface area contributed by atoms with Gasteiger partial charge in [0.15, 0.2) is 29.0 Å². The molecule has 1 saturated heterocycles. The van der Waals surface area contributed by atoms with Gasteiger partial charge in [0.25, 0.3) is 5.91 Å². The van der Waals surface area contributed by atoms with Gasteiger partial charge >= 0.3 is 5.97 Å². The molecule has 2 aromatic heterocycles. The lowest BCUT2D eigenvalue weighted by atomic mass is 9.91. The predicted molar refractivity (Wildman–Crippen MR) is 152 cm³/mol. The Morgan fingerprint density at radius 3 is 2.62 bits per heavy atom. The molecule has 1 amide bonds. The van der Waals surface area contributed by atoms with Crippen molar-refractivity contribution in [3.05, 3.63) is 46.0 Å². The summed E-state index contributed by atoms with van der Waals surface area (Å²) in [5.74, 6) is -1.94. The summed E-state index contributed by atoms with van der Waals surface area (Å²) >= 11 is 0. The highest BCUT2D eigenvalue weighted by Gasteiger charge is 2.35. The number of nitrogens with one attached hydrogen (secondary N) is 1. The fraction of sp³-hybridized carbons (Fsp3) is 0.533. The number of carboxylic acid groups (broad SMARTS) is 1. The van der Waals surface area contributed by atoms with Gasteiger partial charge in [0, 0.05) is 54.6 Å². The highest BCUT2D eigenvalue weighted by atomic mass is 19.1. The van der Waals surface area contributed by atoms with Crippen LogP contribution in [0.1, 0.15) is 66.2 Å². The summed E-state index contributed by atoms with van der Waals surface area (Å²) < 4.78 is 34.0. The van der Waals surface area contributed by atoms with Gasteiger partial charge in [-0.3, -0.25) is 9.69 Å². The smallest absolute Gasteiger partial charge is 0.337 e. The van der Waals surface area contributed by atoms with E-state index in [-0.39, 0.29) is 22.9 Å². The van der Waals surface area contributed by atoms with Crippen LogP contribution in [0.25, 0.3) is 16.9 Å². The molecule has 2 aliphatic heterocycles. The number of aromatic nitrogens is 3. The van der Waals surface area contributed by atoms with E-state index in [1.165, 1.54) is 10.6 Å². The molecule has 0 spiro atoms. The van der Waals surface area contributed by atoms with Gasteiger partial charge in [-0.1, -0.05) is 0 Å². The normalized spacial score (nSPS) is 16.6. The van der Waals surface area contributed by atoms with Crippen LogP contribution in [0.15, 0.2) is 12.1 Å². The van der Waals surface area contributed by atoms with Crippen LogP contribution in [-0.2, 0) is 20.7 Å². The Labute approximate surface area is 244 Å². The number of hydrogen-bond donors (Lipinski definition) is 2. The molecular formula is C30H38FN5O6. The Bertz CT molecular complexity index is 1510. The molecule has 0 radical (unpaired) electrons. The summed E-state index contributed by atoms with van der Waals surface area (Å²) in [6, 6.07) is 2.90. The minimum atomic E-state index is -1.43. The van der Waals surface area contributed by atoms with Crippen LogP contribution in [0, 0.1) is 19.7 Å². The Balaban J connectivity index is 1.63. The monoisotopic (exact) mass is 583 g/mol. The van der Waals surface area contributed by atoms with E-state index in [2.05, 4.69) is 20.3 Å². The summed E-state index contributed by atoms with van der Waals surface area (Å²) in [6.45, 7) is 13.3. The van der Waals surface area contributed by atoms with Crippen molar-refractivity contribution in [2.24, 2.45) is 0 Å². The third-order valence-corrected chi connectivity index (χ3v) is 7.53. The average molecular weight is 584 g/mol. The molecule has 0 bridgehead atoms. The van der Waals surface area contributed by atoms with E-state index in [0.717, 1.165) is 30.6 Å². The molecule has 5 rings (SSSR count). The van der Waals surface area contributed by atoms with Crippen LogP contribution in [0.3, 0.4) is 0 Å². The number of amides is 1. The van der Waals surface area contributed by atoms with Gasteiger partial charge in [-0.2, -0.15) is 5.10 Å². The summed E-state index contributed by atoms with van der Waals surface area (Å²) in [4.78, 5) is 32.6. The standard InChI is InChI=1S/C30H38FN5O6/c1-17-19-7-6-12-41-26(19)21(31)15-20(17)25-24(27(29(38)39)42-30(3,4)5)18(2)33-23-16-22(34-36(23)25)28(37)32-8-9-35-10-13-40-14-11-35/h15-16,27H,6-14H2,1-5H3,(H,32,37)(H,38,39)/t27-/m0/s1. The number of nitrogens with zero attached hydrogens (tertiary/aromatic N) is 4. The van der Waals surface area contributed by atoms with Crippen LogP contribution in [-0.4, -0.2) is 88.1 Å². The fourth-order valence-electron chi connectivity index (χ4n) is 5.55. The summed E-state index contributed by atoms with van der Waals surface area (Å²) in [5, 5.41) is 17.8. The second-order valence-electron chi connectivity index (χ2n) is 11.7. The predicted octanol–water partition coefficient (Wildman–Crippen LogP) is 3.48. The second kappa shape index (κ2) is 11.9. The first-order valence-electron chi connectivity index (χ1n) is 14.3. The Kier molecular flexibility index (Phi) is 8.49. The number of fused-ring (bicyclic) bond motifs is 2. The first kappa shape index (κ1) is 29.9. The third kappa shape index (κ3) is 6.11. The molecule has 12 heteroatoms. The van der Waals surface area contributed by atoms with Crippen molar-refractivity contribution in [2.45, 2.75) is 59.2 Å². The number of carbonyl (C=O) groups is 2. The number of aryl methyl sites for hydroxylation is 1. The molecule has 1 fully saturated rings. The van der Waals surface area contributed by atoms with E-state index >= 15 is 4.39 Å². The van der Waals surface area contributed by atoms with Crippen LogP contribution < -0.4 is 10.1 Å². The van der Waals surface area contributed by atoms with E-state index in [0.29, 0.717) is 61.9 Å². The quantitative estimate of drug-likeness (QED) is 0.410. The van der Waals surface area contributed by atoms with Crippen LogP contribution in [0.5, 0.6) is 5.75 Å². The van der Waals surface area contributed by atoms with Gasteiger partial charge in [-0.25, -0.2) is 18.7 Å². The van der Waals surface area contributed by atoms with Crippen LogP contribution in [0.2, 0.25) is 0 Å². The van der Waals surface area contributed by atoms with Gasteiger partial charge in [0.1, 0.15) is 0 Å². The number of aliphatic carboxylic acids is 1. The van der Waals surface area contributed by atoms with E-state index in [1.807, 2.05) is 6.92 Å². The molecule has 1 atom stereocenters. The maximum Gasteiger partial charge on any atom is 0.337 e. The van der Waals surface area contributed by atoms with E-state index in [9.17, 15) is 14.7 Å². The van der Waals surface area contributed by atoms with Crippen molar-refractivity contribution >= 4 is 17.5 Å². The Morgan fingerprint density at radius 1 is 1.19 bits per heavy atom. The summed E-state index contributed by atoms with van der Waals surface area (Å²) in [5.41, 5.74) is 2.46. The molecule has 2 aliphatic rings. The molecule has 11 nitrogen and oxygen atoms in total. The number of rotatable bonds is 8. The fourth-order valence-corrected chi connectivity index (χ4v) is 5.55. The van der Waals surface area contributed by atoms with Gasteiger partial charge in [0.05, 0.1) is 31.1 Å². The van der Waals surface area contributed by atoms with Crippen molar-refractivity contribution in [1.29, 1.82) is 0 Å². The maximum atomic E-state index is 15.5. The largest absolute Gasteiger partial charge is 0.490 e. The highest BCUT2D eigenvalue weighted by Crippen LogP contribution is 2.41. The maximum absolute atomic E-state index is 15.5. The molecule has 2 N–H and O–H groups in total. The zero-order valence-corrected chi connectivity index (χ0v) is 24.8. The molecule has 3 aromatic rings. The van der Waals surface area contributed by atoms with Gasteiger partial charge in [-0.15, -0.1) is 0 Å². The number of ether oxygens (including phenoxy) is 3.